The third kappa shape index (κ3) is 5.00. The molecule has 1 aromatic heterocycles. The Balaban J connectivity index is 1.75. The highest BCUT2D eigenvalue weighted by Crippen LogP contribution is 2.27. The number of esters is 1. The van der Waals surface area contributed by atoms with Crippen molar-refractivity contribution in [1.29, 1.82) is 0 Å². The first-order valence-electron chi connectivity index (χ1n) is 9.29. The van der Waals surface area contributed by atoms with Crippen molar-refractivity contribution < 1.29 is 14.3 Å². The van der Waals surface area contributed by atoms with E-state index in [0.717, 1.165) is 26.4 Å². The van der Waals surface area contributed by atoms with E-state index in [0.29, 0.717) is 24.2 Å². The highest BCUT2D eigenvalue weighted by molar-refractivity contribution is 9.10. The predicted molar refractivity (Wildman–Crippen MR) is 120 cm³/mol. The molecule has 0 spiro atoms. The molecule has 3 aromatic rings. The average molecular weight is 476 g/mol. The molecule has 0 fully saturated rings. The van der Waals surface area contributed by atoms with Crippen molar-refractivity contribution in [3.05, 3.63) is 52.0 Å². The number of nitrogens with zero attached hydrogens (tertiary/aromatic N) is 2. The first-order valence-corrected chi connectivity index (χ1v) is 11.1. The van der Waals surface area contributed by atoms with Crippen molar-refractivity contribution in [2.45, 2.75) is 32.5 Å². The van der Waals surface area contributed by atoms with Gasteiger partial charge in [0.05, 0.1) is 34.6 Å². The summed E-state index contributed by atoms with van der Waals surface area (Å²) in [5.74, 6) is -0.242. The maximum absolute atomic E-state index is 12.4. The molecule has 0 aliphatic rings. The van der Waals surface area contributed by atoms with Crippen molar-refractivity contribution >= 4 is 56.3 Å². The van der Waals surface area contributed by atoms with Crippen molar-refractivity contribution in [3.8, 4) is 0 Å². The van der Waals surface area contributed by atoms with Gasteiger partial charge >= 0.3 is 5.97 Å². The largest absolute Gasteiger partial charge is 0.462 e. The third-order valence-electron chi connectivity index (χ3n) is 4.27. The van der Waals surface area contributed by atoms with Crippen molar-refractivity contribution in [2.75, 3.05) is 17.7 Å². The summed E-state index contributed by atoms with van der Waals surface area (Å²) in [6.45, 7) is 6.83. The second kappa shape index (κ2) is 9.45. The number of anilines is 1. The van der Waals surface area contributed by atoms with Gasteiger partial charge in [-0.15, -0.1) is 0 Å². The summed E-state index contributed by atoms with van der Waals surface area (Å²) < 4.78 is 7.94. The van der Waals surface area contributed by atoms with Gasteiger partial charge in [-0.1, -0.05) is 17.8 Å². The number of aryl methyl sites for hydroxylation is 2. The molecule has 8 heteroatoms. The standard InChI is InChI=1S/C21H22BrN3O3S/c1-4-25-18-9-7-14(20(27)28-5-2)11-17(18)24-21(25)29-12-19(26)23-16-8-6-13(3)10-15(16)22/h6-11H,4-5,12H2,1-3H3,(H,23,26). The van der Waals surface area contributed by atoms with Gasteiger partial charge in [0.25, 0.3) is 0 Å². The Morgan fingerprint density at radius 3 is 2.69 bits per heavy atom. The zero-order chi connectivity index (χ0) is 21.0. The number of nitrogens with one attached hydrogen (secondary N) is 1. The fourth-order valence-corrected chi connectivity index (χ4v) is 4.37. The number of hydrogen-bond acceptors (Lipinski definition) is 5. The summed E-state index contributed by atoms with van der Waals surface area (Å²) in [4.78, 5) is 29.0. The Hall–Kier alpha value is -2.32. The van der Waals surface area contributed by atoms with Crippen LogP contribution in [0.3, 0.4) is 0 Å². The number of rotatable bonds is 7. The van der Waals surface area contributed by atoms with Gasteiger partial charge in [-0.25, -0.2) is 9.78 Å². The van der Waals surface area contributed by atoms with Gasteiger partial charge in [0.2, 0.25) is 5.91 Å². The van der Waals surface area contributed by atoms with Crippen LogP contribution >= 0.6 is 27.7 Å². The van der Waals surface area contributed by atoms with Crippen molar-refractivity contribution in [2.24, 2.45) is 0 Å². The number of hydrogen-bond donors (Lipinski definition) is 1. The highest BCUT2D eigenvalue weighted by Gasteiger charge is 2.15. The fourth-order valence-electron chi connectivity index (χ4n) is 2.90. The van der Waals surface area contributed by atoms with Crippen LogP contribution in [0.2, 0.25) is 0 Å². The summed E-state index contributed by atoms with van der Waals surface area (Å²) in [7, 11) is 0. The molecule has 1 N–H and O–H groups in total. The first kappa shape index (κ1) is 21.4. The Morgan fingerprint density at radius 1 is 1.21 bits per heavy atom. The maximum Gasteiger partial charge on any atom is 0.338 e. The number of carbonyl (C=O) groups is 2. The fraction of sp³-hybridized carbons (Fsp3) is 0.286. The molecule has 0 aliphatic heterocycles. The molecule has 0 unspecified atom stereocenters. The van der Waals surface area contributed by atoms with Crippen LogP contribution < -0.4 is 5.32 Å². The molecular weight excluding hydrogens is 454 g/mol. The number of thioether (sulfide) groups is 1. The van der Waals surface area contributed by atoms with Gasteiger partial charge < -0.3 is 14.6 Å². The van der Waals surface area contributed by atoms with Crippen LogP contribution in [0.25, 0.3) is 11.0 Å². The van der Waals surface area contributed by atoms with Gasteiger partial charge in [-0.3, -0.25) is 4.79 Å². The number of aromatic nitrogens is 2. The van der Waals surface area contributed by atoms with Gasteiger partial charge in [-0.2, -0.15) is 0 Å². The van der Waals surface area contributed by atoms with Gasteiger partial charge in [0, 0.05) is 11.0 Å². The molecule has 0 saturated carbocycles. The van der Waals surface area contributed by atoms with Crippen LogP contribution in [0.5, 0.6) is 0 Å². The first-order chi connectivity index (χ1) is 13.9. The molecule has 0 saturated heterocycles. The minimum atomic E-state index is -0.363. The van der Waals surface area contributed by atoms with E-state index < -0.39 is 0 Å². The van der Waals surface area contributed by atoms with Gasteiger partial charge in [0.15, 0.2) is 5.16 Å². The molecule has 2 aromatic carbocycles. The van der Waals surface area contributed by atoms with Crippen LogP contribution in [-0.4, -0.2) is 33.8 Å². The minimum Gasteiger partial charge on any atom is -0.462 e. The van der Waals surface area contributed by atoms with Crippen LogP contribution in [0.4, 0.5) is 5.69 Å². The summed E-state index contributed by atoms with van der Waals surface area (Å²) >= 11 is 4.84. The average Bonchev–Trinajstić information content (AvgIpc) is 3.05. The molecule has 1 heterocycles. The highest BCUT2D eigenvalue weighted by atomic mass is 79.9. The molecule has 0 bridgehead atoms. The van der Waals surface area contributed by atoms with Gasteiger partial charge in [-0.05, 0) is 72.6 Å². The summed E-state index contributed by atoms with van der Waals surface area (Å²) in [6, 6.07) is 11.1. The van der Waals surface area contributed by atoms with E-state index in [1.165, 1.54) is 11.8 Å². The quantitative estimate of drug-likeness (QED) is 0.382. The van der Waals surface area contributed by atoms with E-state index in [9.17, 15) is 9.59 Å². The number of benzene rings is 2. The number of fused-ring (bicyclic) bond motifs is 1. The summed E-state index contributed by atoms with van der Waals surface area (Å²) in [6.07, 6.45) is 0. The number of imidazole rings is 1. The van der Waals surface area contributed by atoms with Crippen molar-refractivity contribution in [1.82, 2.24) is 9.55 Å². The number of halogens is 1. The monoisotopic (exact) mass is 475 g/mol. The lowest BCUT2D eigenvalue weighted by Crippen LogP contribution is -2.15. The molecule has 3 rings (SSSR count). The molecule has 1 amide bonds. The molecule has 0 aliphatic carbocycles. The summed E-state index contributed by atoms with van der Waals surface area (Å²) in [5.41, 5.74) is 3.96. The Morgan fingerprint density at radius 2 is 2.00 bits per heavy atom. The lowest BCUT2D eigenvalue weighted by atomic mass is 10.2. The number of amides is 1. The van der Waals surface area contributed by atoms with E-state index in [1.807, 2.05) is 42.7 Å². The molecule has 0 radical (unpaired) electrons. The zero-order valence-corrected chi connectivity index (χ0v) is 18.9. The van der Waals surface area contributed by atoms with E-state index in [1.54, 1.807) is 19.1 Å². The second-order valence-electron chi connectivity index (χ2n) is 6.38. The van der Waals surface area contributed by atoms with E-state index in [4.69, 9.17) is 4.74 Å². The zero-order valence-electron chi connectivity index (χ0n) is 16.5. The Bertz CT molecular complexity index is 1060. The smallest absolute Gasteiger partial charge is 0.338 e. The second-order valence-corrected chi connectivity index (χ2v) is 8.18. The lowest BCUT2D eigenvalue weighted by molar-refractivity contribution is -0.113. The van der Waals surface area contributed by atoms with E-state index >= 15 is 0 Å². The lowest BCUT2D eigenvalue weighted by Gasteiger charge is -2.09. The van der Waals surface area contributed by atoms with Crippen LogP contribution in [0.1, 0.15) is 29.8 Å². The van der Waals surface area contributed by atoms with Crippen LogP contribution in [0, 0.1) is 6.92 Å². The van der Waals surface area contributed by atoms with Gasteiger partial charge in [0.1, 0.15) is 0 Å². The van der Waals surface area contributed by atoms with E-state index in [-0.39, 0.29) is 17.6 Å². The Kier molecular flexibility index (Phi) is 6.97. The third-order valence-corrected chi connectivity index (χ3v) is 5.90. The minimum absolute atomic E-state index is 0.110. The van der Waals surface area contributed by atoms with Crippen LogP contribution in [0.15, 0.2) is 46.0 Å². The molecule has 152 valence electrons. The van der Waals surface area contributed by atoms with E-state index in [2.05, 4.69) is 26.2 Å². The van der Waals surface area contributed by atoms with Crippen molar-refractivity contribution in [3.63, 3.8) is 0 Å². The normalized spacial score (nSPS) is 10.9. The molecule has 29 heavy (non-hydrogen) atoms. The molecule has 0 atom stereocenters. The van der Waals surface area contributed by atoms with Crippen LogP contribution in [-0.2, 0) is 16.1 Å². The summed E-state index contributed by atoms with van der Waals surface area (Å²) in [5, 5.41) is 3.65. The number of carbonyl (C=O) groups excluding carboxylic acids is 2. The Labute approximate surface area is 182 Å². The molecule has 6 nitrogen and oxygen atoms in total. The maximum atomic E-state index is 12.4. The molecular formula is C21H22BrN3O3S. The topological polar surface area (TPSA) is 73.2 Å². The number of ether oxygens (including phenoxy) is 1. The predicted octanol–water partition coefficient (Wildman–Crippen LogP) is 5.03. The SMILES string of the molecule is CCOC(=O)c1ccc2c(c1)nc(SCC(=O)Nc1ccc(C)cc1Br)n2CC.